The van der Waals surface area contributed by atoms with Gasteiger partial charge in [0.1, 0.15) is 16.8 Å². The van der Waals surface area contributed by atoms with Crippen molar-refractivity contribution in [2.45, 2.75) is 37.2 Å². The van der Waals surface area contributed by atoms with E-state index in [2.05, 4.69) is 20.3 Å². The molecule has 0 N–H and O–H groups in total. The molecule has 0 aromatic heterocycles. The van der Waals surface area contributed by atoms with Gasteiger partial charge in [0.2, 0.25) is 5.91 Å². The van der Waals surface area contributed by atoms with Crippen molar-refractivity contribution in [2.75, 3.05) is 13.1 Å². The maximum atomic E-state index is 14.2. The molecule has 1 atom stereocenters. The molecule has 0 saturated carbocycles. The first-order valence-electron chi connectivity index (χ1n) is 9.75. The fourth-order valence-electron chi connectivity index (χ4n) is 4.00. The molecule has 1 amide bonds. The second-order valence-electron chi connectivity index (χ2n) is 7.33. The van der Waals surface area contributed by atoms with Gasteiger partial charge in [-0.25, -0.2) is 4.39 Å². The van der Waals surface area contributed by atoms with Crippen LogP contribution in [0, 0.1) is 5.82 Å². The molecule has 2 aromatic rings. The van der Waals surface area contributed by atoms with E-state index >= 15 is 0 Å². The van der Waals surface area contributed by atoms with Gasteiger partial charge in [0.25, 0.3) is 10.0 Å². The minimum Gasteiger partial charge on any atom is -0.343 e. The largest absolute Gasteiger partial charge is 0.343 e. The predicted octanol–water partition coefficient (Wildman–Crippen LogP) is 3.55. The number of fused-ring (bicyclic) bond motifs is 1. The fraction of sp³-hybridized carbons (Fsp3) is 0.333. The van der Waals surface area contributed by atoms with Crippen molar-refractivity contribution in [1.82, 2.24) is 9.80 Å². The van der Waals surface area contributed by atoms with E-state index in [9.17, 15) is 17.6 Å². The number of likely N-dealkylation sites (tertiary alicyclic amines) is 1. The number of benzene rings is 2. The van der Waals surface area contributed by atoms with E-state index in [1.807, 2.05) is 6.92 Å². The molecule has 2 heterocycles. The molecule has 30 heavy (non-hydrogen) atoms. The Balaban J connectivity index is 1.62. The highest BCUT2D eigenvalue weighted by molar-refractivity contribution is 9.10. The number of hydrogen-bond donors (Lipinski definition) is 0. The average molecular weight is 494 g/mol. The summed E-state index contributed by atoms with van der Waals surface area (Å²) in [6.45, 7) is 2.95. The number of nitrogens with zero attached hydrogens (tertiary/aromatic N) is 3. The third-order valence-electron chi connectivity index (χ3n) is 5.48. The number of rotatable bonds is 4. The number of carbonyl (C=O) groups is 1. The van der Waals surface area contributed by atoms with Gasteiger partial charge in [-0.15, -0.1) is 4.40 Å². The van der Waals surface area contributed by atoms with Gasteiger partial charge >= 0.3 is 0 Å². The van der Waals surface area contributed by atoms with E-state index in [0.717, 1.165) is 10.9 Å². The molecule has 2 aromatic carbocycles. The summed E-state index contributed by atoms with van der Waals surface area (Å²) in [4.78, 5) is 16.9. The minimum absolute atomic E-state index is 0.145. The van der Waals surface area contributed by atoms with E-state index < -0.39 is 16.1 Å². The van der Waals surface area contributed by atoms with Crippen LogP contribution < -0.4 is 0 Å². The van der Waals surface area contributed by atoms with Gasteiger partial charge in [-0.1, -0.05) is 28.1 Å². The molecule has 2 aliphatic rings. The normalized spacial score (nSPS) is 19.5. The summed E-state index contributed by atoms with van der Waals surface area (Å²) in [6, 6.07) is 10.8. The monoisotopic (exact) mass is 493 g/mol. The van der Waals surface area contributed by atoms with E-state index in [4.69, 9.17) is 0 Å². The predicted molar refractivity (Wildman–Crippen MR) is 115 cm³/mol. The third-order valence-corrected chi connectivity index (χ3v) is 7.30. The number of hydrogen-bond acceptors (Lipinski definition) is 4. The van der Waals surface area contributed by atoms with Gasteiger partial charge in [-0.3, -0.25) is 4.79 Å². The van der Waals surface area contributed by atoms with Crippen molar-refractivity contribution in [2.24, 2.45) is 4.40 Å². The van der Waals surface area contributed by atoms with Crippen molar-refractivity contribution in [3.05, 3.63) is 63.9 Å². The lowest BCUT2D eigenvalue weighted by Gasteiger charge is -2.31. The highest BCUT2D eigenvalue weighted by Gasteiger charge is 2.40. The maximum Gasteiger partial charge on any atom is 0.285 e. The number of amides is 1. The van der Waals surface area contributed by atoms with Crippen molar-refractivity contribution in [3.8, 4) is 0 Å². The minimum atomic E-state index is -3.76. The molecule has 4 rings (SSSR count). The molecule has 158 valence electrons. The number of carbonyl (C=O) groups excluding carboxylic acids is 1. The first-order chi connectivity index (χ1) is 14.3. The maximum absolute atomic E-state index is 14.2. The quantitative estimate of drug-likeness (QED) is 0.652. The Morgan fingerprint density at radius 2 is 2.07 bits per heavy atom. The lowest BCUT2D eigenvalue weighted by atomic mass is 10.1. The van der Waals surface area contributed by atoms with Gasteiger partial charge < -0.3 is 9.80 Å². The Kier molecular flexibility index (Phi) is 5.67. The fourth-order valence-corrected chi connectivity index (χ4v) is 5.62. The molecule has 2 aliphatic heterocycles. The van der Waals surface area contributed by atoms with Crippen molar-refractivity contribution in [1.29, 1.82) is 0 Å². The Morgan fingerprint density at radius 1 is 1.30 bits per heavy atom. The number of sulfonamides is 1. The second-order valence-corrected chi connectivity index (χ2v) is 9.81. The molecule has 6 nitrogen and oxygen atoms in total. The summed E-state index contributed by atoms with van der Waals surface area (Å²) in [5.41, 5.74) is 0.952. The van der Waals surface area contributed by atoms with Crippen LogP contribution >= 0.6 is 15.9 Å². The van der Waals surface area contributed by atoms with Gasteiger partial charge in [-0.2, -0.15) is 8.42 Å². The number of likely N-dealkylation sites (N-methyl/N-ethyl adjacent to an activating group) is 1. The van der Waals surface area contributed by atoms with Crippen LogP contribution in [0.2, 0.25) is 0 Å². The standard InChI is InChI=1S/C21H21BrFN3O3S/c1-2-25(13-14-12-15(22)9-10-17(14)23)21(27)18-7-5-11-26(18)20-16-6-3-4-8-19(16)30(28,29)24-20/h3-4,6,8-10,12,18H,2,5,7,11,13H2,1H3/t18-/m0/s1. The Labute approximate surface area is 183 Å². The van der Waals surface area contributed by atoms with Crippen LogP contribution in [-0.2, 0) is 21.4 Å². The zero-order valence-corrected chi connectivity index (χ0v) is 18.8. The van der Waals surface area contributed by atoms with E-state index in [1.165, 1.54) is 12.1 Å². The summed E-state index contributed by atoms with van der Waals surface area (Å²) in [6.07, 6.45) is 1.35. The molecule has 1 fully saturated rings. The van der Waals surface area contributed by atoms with E-state index in [0.29, 0.717) is 36.5 Å². The van der Waals surface area contributed by atoms with Crippen LogP contribution in [0.1, 0.15) is 30.9 Å². The summed E-state index contributed by atoms with van der Waals surface area (Å²) in [5.74, 6) is -0.196. The first kappa shape index (κ1) is 21.0. The summed E-state index contributed by atoms with van der Waals surface area (Å²) >= 11 is 3.34. The molecule has 1 saturated heterocycles. The summed E-state index contributed by atoms with van der Waals surface area (Å²) < 4.78 is 43.8. The van der Waals surface area contributed by atoms with E-state index in [-0.39, 0.29) is 23.2 Å². The van der Waals surface area contributed by atoms with Crippen LogP contribution in [0.5, 0.6) is 0 Å². The number of amidine groups is 1. The Bertz CT molecular complexity index is 1140. The molecule has 0 spiro atoms. The highest BCUT2D eigenvalue weighted by atomic mass is 79.9. The lowest BCUT2D eigenvalue weighted by molar-refractivity contribution is -0.135. The van der Waals surface area contributed by atoms with Crippen LogP contribution in [0.3, 0.4) is 0 Å². The van der Waals surface area contributed by atoms with Gasteiger partial charge in [0, 0.05) is 35.2 Å². The van der Waals surface area contributed by atoms with Crippen LogP contribution in [0.25, 0.3) is 0 Å². The van der Waals surface area contributed by atoms with Crippen LogP contribution in [0.15, 0.2) is 56.2 Å². The zero-order chi connectivity index (χ0) is 21.5. The van der Waals surface area contributed by atoms with Gasteiger partial charge in [-0.05, 0) is 50.1 Å². The molecular formula is C21H21BrFN3O3S. The third kappa shape index (κ3) is 3.76. The number of halogens is 2. The smallest absolute Gasteiger partial charge is 0.285 e. The second kappa shape index (κ2) is 8.11. The van der Waals surface area contributed by atoms with Crippen LogP contribution in [0.4, 0.5) is 4.39 Å². The zero-order valence-electron chi connectivity index (χ0n) is 16.4. The molecule has 0 radical (unpaired) electrons. The lowest BCUT2D eigenvalue weighted by Crippen LogP contribution is -2.47. The van der Waals surface area contributed by atoms with Crippen molar-refractivity contribution >= 4 is 37.7 Å². The average Bonchev–Trinajstić information content (AvgIpc) is 3.31. The van der Waals surface area contributed by atoms with Crippen molar-refractivity contribution < 1.29 is 17.6 Å². The van der Waals surface area contributed by atoms with Crippen molar-refractivity contribution in [3.63, 3.8) is 0 Å². The molecular weight excluding hydrogens is 473 g/mol. The summed E-state index contributed by atoms with van der Waals surface area (Å²) in [7, 11) is -3.76. The first-order valence-corrected chi connectivity index (χ1v) is 12.0. The molecule has 0 unspecified atom stereocenters. The highest BCUT2D eigenvalue weighted by Crippen LogP contribution is 2.32. The Morgan fingerprint density at radius 3 is 2.83 bits per heavy atom. The molecule has 9 heteroatoms. The topological polar surface area (TPSA) is 70.1 Å². The van der Waals surface area contributed by atoms with Gasteiger partial charge in [0.15, 0.2) is 5.84 Å². The summed E-state index contributed by atoms with van der Waals surface area (Å²) in [5, 5.41) is 0. The van der Waals surface area contributed by atoms with E-state index in [1.54, 1.807) is 40.1 Å². The molecule has 0 bridgehead atoms. The molecule has 0 aliphatic carbocycles. The van der Waals surface area contributed by atoms with Gasteiger partial charge in [0.05, 0.1) is 0 Å². The Hall–Kier alpha value is -2.26. The SMILES string of the molecule is CCN(Cc1cc(Br)ccc1F)C(=O)[C@@H]1CCCN1C1=NS(=O)(=O)c2ccccc21. The van der Waals surface area contributed by atoms with Crippen LogP contribution in [-0.4, -0.2) is 49.1 Å².